The molecule has 0 unspecified atom stereocenters. The number of nitrogens with zero attached hydrogens (tertiary/aromatic N) is 1. The van der Waals surface area contributed by atoms with Crippen molar-refractivity contribution < 1.29 is 14.3 Å². The normalized spacial score (nSPS) is 10.7. The van der Waals surface area contributed by atoms with Gasteiger partial charge in [0, 0.05) is 10.0 Å². The molecule has 0 spiro atoms. The summed E-state index contributed by atoms with van der Waals surface area (Å²) >= 11 is 3.41. The summed E-state index contributed by atoms with van der Waals surface area (Å²) in [5, 5.41) is 3.97. The first-order valence-corrected chi connectivity index (χ1v) is 8.72. The Morgan fingerprint density at radius 3 is 2.56 bits per heavy atom. The Labute approximate surface area is 156 Å². The highest BCUT2D eigenvalue weighted by atomic mass is 79.9. The number of rotatable bonds is 7. The lowest BCUT2D eigenvalue weighted by Crippen LogP contribution is -2.24. The number of aryl methyl sites for hydroxylation is 2. The van der Waals surface area contributed by atoms with E-state index in [1.807, 2.05) is 57.2 Å². The van der Waals surface area contributed by atoms with Crippen LogP contribution < -0.4 is 14.9 Å². The molecule has 2 aromatic rings. The first kappa shape index (κ1) is 19.0. The van der Waals surface area contributed by atoms with Gasteiger partial charge in [-0.1, -0.05) is 22.0 Å². The number of hydrogen-bond donors (Lipinski definition) is 1. The molecule has 0 aromatic heterocycles. The van der Waals surface area contributed by atoms with Gasteiger partial charge in [-0.25, -0.2) is 5.43 Å². The molecule has 0 aliphatic rings. The van der Waals surface area contributed by atoms with Crippen LogP contribution in [0.25, 0.3) is 0 Å². The van der Waals surface area contributed by atoms with Crippen LogP contribution in [0, 0.1) is 13.8 Å². The van der Waals surface area contributed by atoms with E-state index in [4.69, 9.17) is 9.47 Å². The van der Waals surface area contributed by atoms with Gasteiger partial charge in [-0.3, -0.25) is 4.79 Å². The minimum Gasteiger partial charge on any atom is -0.493 e. The van der Waals surface area contributed by atoms with Crippen molar-refractivity contribution in [2.24, 2.45) is 5.10 Å². The van der Waals surface area contributed by atoms with Crippen molar-refractivity contribution in [1.82, 2.24) is 5.43 Å². The van der Waals surface area contributed by atoms with Crippen LogP contribution in [-0.4, -0.2) is 25.3 Å². The monoisotopic (exact) mass is 404 g/mol. The van der Waals surface area contributed by atoms with E-state index in [0.717, 1.165) is 21.2 Å². The van der Waals surface area contributed by atoms with Crippen LogP contribution in [0.4, 0.5) is 0 Å². The Morgan fingerprint density at radius 1 is 1.16 bits per heavy atom. The Bertz CT molecular complexity index is 755. The Hall–Kier alpha value is -2.34. The summed E-state index contributed by atoms with van der Waals surface area (Å²) in [7, 11) is 0. The molecule has 6 heteroatoms. The molecule has 132 valence electrons. The van der Waals surface area contributed by atoms with Gasteiger partial charge in [-0.15, -0.1) is 0 Å². The molecule has 2 aromatic carbocycles. The van der Waals surface area contributed by atoms with E-state index in [2.05, 4.69) is 26.5 Å². The maximum absolute atomic E-state index is 11.9. The van der Waals surface area contributed by atoms with E-state index in [0.29, 0.717) is 18.1 Å². The van der Waals surface area contributed by atoms with Gasteiger partial charge in [-0.2, -0.15) is 5.10 Å². The van der Waals surface area contributed by atoms with E-state index in [9.17, 15) is 4.79 Å². The Kier molecular flexibility index (Phi) is 7.01. The second-order valence-corrected chi connectivity index (χ2v) is 6.44. The second-order valence-electron chi connectivity index (χ2n) is 5.52. The minimum absolute atomic E-state index is 0.100. The van der Waals surface area contributed by atoms with Gasteiger partial charge in [0.25, 0.3) is 5.91 Å². The molecular weight excluding hydrogens is 384 g/mol. The number of hydrogen-bond acceptors (Lipinski definition) is 4. The summed E-state index contributed by atoms with van der Waals surface area (Å²) in [5.74, 6) is 1.04. The maximum Gasteiger partial charge on any atom is 0.277 e. The summed E-state index contributed by atoms with van der Waals surface area (Å²) < 4.78 is 11.9. The number of hydrazone groups is 1. The van der Waals surface area contributed by atoms with Crippen LogP contribution in [-0.2, 0) is 4.79 Å². The zero-order valence-corrected chi connectivity index (χ0v) is 16.1. The molecule has 1 amide bonds. The molecule has 0 fully saturated rings. The van der Waals surface area contributed by atoms with E-state index < -0.39 is 0 Å². The third-order valence-electron chi connectivity index (χ3n) is 3.23. The van der Waals surface area contributed by atoms with Gasteiger partial charge in [0.2, 0.25) is 0 Å². The van der Waals surface area contributed by atoms with E-state index >= 15 is 0 Å². The number of ether oxygens (including phenoxy) is 2. The fraction of sp³-hybridized carbons (Fsp3) is 0.263. The van der Waals surface area contributed by atoms with Crippen LogP contribution in [0.5, 0.6) is 11.5 Å². The number of nitrogens with one attached hydrogen (secondary N) is 1. The fourth-order valence-electron chi connectivity index (χ4n) is 2.28. The molecule has 25 heavy (non-hydrogen) atoms. The highest BCUT2D eigenvalue weighted by Gasteiger charge is 2.04. The standard InChI is InChI=1S/C19H21BrN2O3/c1-4-24-18-6-5-16(20)10-15(18)11-21-22-19(23)12-25-17-8-13(2)7-14(3)9-17/h5-11H,4,12H2,1-3H3,(H,22,23). The van der Waals surface area contributed by atoms with Crippen molar-refractivity contribution in [2.75, 3.05) is 13.2 Å². The predicted molar refractivity (Wildman–Crippen MR) is 102 cm³/mol. The lowest BCUT2D eigenvalue weighted by atomic mass is 10.1. The molecule has 0 atom stereocenters. The summed E-state index contributed by atoms with van der Waals surface area (Å²) in [6.45, 7) is 6.33. The van der Waals surface area contributed by atoms with Crippen LogP contribution in [0.15, 0.2) is 46.0 Å². The van der Waals surface area contributed by atoms with Crippen LogP contribution in [0.3, 0.4) is 0 Å². The molecule has 0 bridgehead atoms. The second kappa shape index (κ2) is 9.22. The average molecular weight is 405 g/mol. The number of benzene rings is 2. The SMILES string of the molecule is CCOc1ccc(Br)cc1C=NNC(=O)COc1cc(C)cc(C)c1. The predicted octanol–water partition coefficient (Wildman–Crippen LogP) is 3.99. The van der Waals surface area contributed by atoms with Crippen LogP contribution in [0.1, 0.15) is 23.6 Å². The molecule has 5 nitrogen and oxygen atoms in total. The molecule has 0 aliphatic heterocycles. The van der Waals surface area contributed by atoms with Crippen molar-refractivity contribution in [1.29, 1.82) is 0 Å². The average Bonchev–Trinajstić information content (AvgIpc) is 2.54. The molecule has 1 N–H and O–H groups in total. The third kappa shape index (κ3) is 6.23. The van der Waals surface area contributed by atoms with Gasteiger partial charge in [0.05, 0.1) is 12.8 Å². The Balaban J connectivity index is 1.91. The lowest BCUT2D eigenvalue weighted by molar-refractivity contribution is -0.123. The van der Waals surface area contributed by atoms with E-state index in [1.165, 1.54) is 0 Å². The van der Waals surface area contributed by atoms with Crippen LogP contribution in [0.2, 0.25) is 0 Å². The molecular formula is C19H21BrN2O3. The summed E-state index contributed by atoms with van der Waals surface area (Å²) in [6, 6.07) is 11.4. The highest BCUT2D eigenvalue weighted by Crippen LogP contribution is 2.21. The van der Waals surface area contributed by atoms with E-state index in [-0.39, 0.29) is 12.5 Å². The zero-order chi connectivity index (χ0) is 18.2. The maximum atomic E-state index is 11.9. The first-order chi connectivity index (χ1) is 12.0. The summed E-state index contributed by atoms with van der Waals surface area (Å²) in [6.07, 6.45) is 1.55. The minimum atomic E-state index is -0.330. The van der Waals surface area contributed by atoms with Crippen LogP contribution >= 0.6 is 15.9 Å². The molecule has 0 heterocycles. The zero-order valence-electron chi connectivity index (χ0n) is 14.5. The first-order valence-electron chi connectivity index (χ1n) is 7.93. The van der Waals surface area contributed by atoms with Crippen molar-refractivity contribution in [3.63, 3.8) is 0 Å². The van der Waals surface area contributed by atoms with Crippen molar-refractivity contribution in [3.8, 4) is 11.5 Å². The van der Waals surface area contributed by atoms with Gasteiger partial charge in [-0.05, 0) is 62.2 Å². The molecule has 2 rings (SSSR count). The smallest absolute Gasteiger partial charge is 0.277 e. The van der Waals surface area contributed by atoms with Crippen molar-refractivity contribution >= 4 is 28.1 Å². The van der Waals surface area contributed by atoms with Crippen molar-refractivity contribution in [2.45, 2.75) is 20.8 Å². The van der Waals surface area contributed by atoms with Gasteiger partial charge >= 0.3 is 0 Å². The molecule has 0 saturated carbocycles. The van der Waals surface area contributed by atoms with E-state index in [1.54, 1.807) is 6.21 Å². The lowest BCUT2D eigenvalue weighted by Gasteiger charge is -2.08. The number of carbonyl (C=O) groups excluding carboxylic acids is 1. The molecule has 0 radical (unpaired) electrons. The third-order valence-corrected chi connectivity index (χ3v) is 3.72. The molecule has 0 aliphatic carbocycles. The number of amides is 1. The quantitative estimate of drug-likeness (QED) is 0.560. The topological polar surface area (TPSA) is 59.9 Å². The number of halogens is 1. The summed E-state index contributed by atoms with van der Waals surface area (Å²) in [4.78, 5) is 11.9. The summed E-state index contributed by atoms with van der Waals surface area (Å²) in [5.41, 5.74) is 5.40. The molecule has 0 saturated heterocycles. The largest absolute Gasteiger partial charge is 0.493 e. The fourth-order valence-corrected chi connectivity index (χ4v) is 2.66. The number of carbonyl (C=O) groups is 1. The van der Waals surface area contributed by atoms with Gasteiger partial charge in [0.15, 0.2) is 6.61 Å². The highest BCUT2D eigenvalue weighted by molar-refractivity contribution is 9.10. The van der Waals surface area contributed by atoms with Crippen molar-refractivity contribution in [3.05, 3.63) is 57.6 Å². The van der Waals surface area contributed by atoms with Gasteiger partial charge in [0.1, 0.15) is 11.5 Å². The van der Waals surface area contributed by atoms with Gasteiger partial charge < -0.3 is 9.47 Å². The Morgan fingerprint density at radius 2 is 1.88 bits per heavy atom.